The minimum absolute atomic E-state index is 0.420. The zero-order valence-electron chi connectivity index (χ0n) is 12.1. The van der Waals surface area contributed by atoms with Crippen LogP contribution >= 0.6 is 0 Å². The van der Waals surface area contributed by atoms with Gasteiger partial charge in [-0.05, 0) is 38.8 Å². The molecule has 1 aromatic heterocycles. The summed E-state index contributed by atoms with van der Waals surface area (Å²) in [4.78, 5) is 0. The zero-order valence-corrected chi connectivity index (χ0v) is 12.9. The van der Waals surface area contributed by atoms with Crippen molar-refractivity contribution >= 4 is 10.2 Å². The Hall–Kier alpha value is -0.850. The van der Waals surface area contributed by atoms with Gasteiger partial charge in [-0.25, -0.2) is 0 Å². The van der Waals surface area contributed by atoms with Crippen LogP contribution in [0.25, 0.3) is 0 Å². The highest BCUT2D eigenvalue weighted by molar-refractivity contribution is 7.86. The van der Waals surface area contributed by atoms with E-state index in [0.717, 1.165) is 12.8 Å². The van der Waals surface area contributed by atoms with Crippen LogP contribution in [0.5, 0.6) is 0 Å². The molecular weight excluding hydrogens is 262 g/mol. The van der Waals surface area contributed by atoms with E-state index < -0.39 is 10.2 Å². The molecule has 0 atom stereocenters. The summed E-state index contributed by atoms with van der Waals surface area (Å²) in [6, 6.07) is 4.67. The van der Waals surface area contributed by atoms with E-state index in [2.05, 4.69) is 30.5 Å². The average Bonchev–Trinajstić information content (AvgIpc) is 2.69. The van der Waals surface area contributed by atoms with E-state index >= 15 is 0 Å². The molecule has 0 N–H and O–H groups in total. The minimum Gasteiger partial charge on any atom is -0.346 e. The molecule has 1 aliphatic rings. The monoisotopic (exact) mass is 285 g/mol. The molecule has 0 saturated carbocycles. The molecule has 2 heterocycles. The van der Waals surface area contributed by atoms with Gasteiger partial charge in [0, 0.05) is 44.6 Å². The predicted molar refractivity (Wildman–Crippen MR) is 76.4 cm³/mol. The maximum absolute atomic E-state index is 12.1. The van der Waals surface area contributed by atoms with Crippen LogP contribution in [0.4, 0.5) is 0 Å². The molecule has 1 saturated heterocycles. The number of hydrogen-bond acceptors (Lipinski definition) is 2. The third-order valence-electron chi connectivity index (χ3n) is 3.90. The lowest BCUT2D eigenvalue weighted by Gasteiger charge is -2.34. The first-order chi connectivity index (χ1) is 8.84. The Balaban J connectivity index is 2.08. The lowest BCUT2D eigenvalue weighted by Crippen LogP contribution is -2.44. The first-order valence-corrected chi connectivity index (χ1v) is 8.05. The van der Waals surface area contributed by atoms with Gasteiger partial charge in [0.2, 0.25) is 0 Å². The molecule has 0 aliphatic carbocycles. The minimum atomic E-state index is -3.26. The lowest BCUT2D eigenvalue weighted by atomic mass is 10.1. The standard InChI is InChI=1S/C13H23N3O2S/c1-11-5-6-12(2)16(11)13-7-9-15(10-8-13)19(17,18)14(3)4/h5-6,13H,7-10H2,1-4H3. The van der Waals surface area contributed by atoms with E-state index in [1.807, 2.05) is 0 Å². The summed E-state index contributed by atoms with van der Waals surface area (Å²) in [5, 5.41) is 0. The fourth-order valence-corrected chi connectivity index (χ4v) is 3.95. The number of rotatable bonds is 3. The van der Waals surface area contributed by atoms with Gasteiger partial charge in [-0.1, -0.05) is 0 Å². The molecule has 0 bridgehead atoms. The molecule has 2 rings (SSSR count). The average molecular weight is 285 g/mol. The normalized spacial score (nSPS) is 19.2. The third-order valence-corrected chi connectivity index (χ3v) is 5.84. The third kappa shape index (κ3) is 2.70. The van der Waals surface area contributed by atoms with Crippen molar-refractivity contribution in [3.63, 3.8) is 0 Å². The SMILES string of the molecule is Cc1ccc(C)n1C1CCN(S(=O)(=O)N(C)C)CC1. The smallest absolute Gasteiger partial charge is 0.281 e. The molecule has 1 fully saturated rings. The van der Waals surface area contributed by atoms with E-state index in [4.69, 9.17) is 0 Å². The van der Waals surface area contributed by atoms with E-state index in [0.29, 0.717) is 19.1 Å². The number of hydrogen-bond donors (Lipinski definition) is 0. The molecular formula is C13H23N3O2S. The quantitative estimate of drug-likeness (QED) is 0.846. The Morgan fingerprint density at radius 1 is 1.11 bits per heavy atom. The molecule has 5 nitrogen and oxygen atoms in total. The summed E-state index contributed by atoms with van der Waals surface area (Å²) in [5.41, 5.74) is 2.51. The van der Waals surface area contributed by atoms with Gasteiger partial charge >= 0.3 is 0 Å². The molecule has 1 aliphatic heterocycles. The van der Waals surface area contributed by atoms with Gasteiger partial charge < -0.3 is 4.57 Å². The summed E-state index contributed by atoms with van der Waals surface area (Å²) in [6.07, 6.45) is 1.76. The summed E-state index contributed by atoms with van der Waals surface area (Å²) in [6.45, 7) is 5.41. The maximum Gasteiger partial charge on any atom is 0.281 e. The maximum atomic E-state index is 12.1. The van der Waals surface area contributed by atoms with Crippen molar-refractivity contribution in [1.29, 1.82) is 0 Å². The Labute approximate surface area is 116 Å². The summed E-state index contributed by atoms with van der Waals surface area (Å²) >= 11 is 0. The fraction of sp³-hybridized carbons (Fsp3) is 0.692. The van der Waals surface area contributed by atoms with Crippen LogP contribution in [0, 0.1) is 13.8 Å². The molecule has 0 radical (unpaired) electrons. The zero-order chi connectivity index (χ0) is 14.2. The van der Waals surface area contributed by atoms with Crippen LogP contribution in [0.1, 0.15) is 30.3 Å². The number of aromatic nitrogens is 1. The van der Waals surface area contributed by atoms with Crippen LogP contribution < -0.4 is 0 Å². The van der Waals surface area contributed by atoms with Gasteiger partial charge in [0.25, 0.3) is 10.2 Å². The van der Waals surface area contributed by atoms with E-state index in [9.17, 15) is 8.42 Å². The highest BCUT2D eigenvalue weighted by Gasteiger charge is 2.30. The van der Waals surface area contributed by atoms with E-state index in [-0.39, 0.29) is 0 Å². The van der Waals surface area contributed by atoms with Crippen LogP contribution in [0.2, 0.25) is 0 Å². The van der Waals surface area contributed by atoms with Gasteiger partial charge in [0.1, 0.15) is 0 Å². The molecule has 1 aromatic rings. The molecule has 6 heteroatoms. The Morgan fingerprint density at radius 3 is 2.00 bits per heavy atom. The highest BCUT2D eigenvalue weighted by atomic mass is 32.2. The van der Waals surface area contributed by atoms with Crippen molar-refractivity contribution in [2.24, 2.45) is 0 Å². The predicted octanol–water partition coefficient (Wildman–Crippen LogP) is 1.55. The lowest BCUT2D eigenvalue weighted by molar-refractivity contribution is 0.260. The second-order valence-corrected chi connectivity index (χ2v) is 7.55. The molecule has 0 unspecified atom stereocenters. The summed E-state index contributed by atoms with van der Waals surface area (Å²) in [7, 11) is -0.0851. The number of nitrogens with zero attached hydrogens (tertiary/aromatic N) is 3. The van der Waals surface area contributed by atoms with Crippen molar-refractivity contribution in [2.45, 2.75) is 32.7 Å². The van der Waals surface area contributed by atoms with Gasteiger partial charge in [0.05, 0.1) is 0 Å². The fourth-order valence-electron chi connectivity index (χ4n) is 2.82. The Morgan fingerprint density at radius 2 is 1.58 bits per heavy atom. The van der Waals surface area contributed by atoms with Crippen LogP contribution in [0.15, 0.2) is 12.1 Å². The number of aryl methyl sites for hydroxylation is 2. The first kappa shape index (κ1) is 14.6. The second-order valence-electron chi connectivity index (χ2n) is 5.41. The van der Waals surface area contributed by atoms with Gasteiger partial charge in [0.15, 0.2) is 0 Å². The van der Waals surface area contributed by atoms with Crippen molar-refractivity contribution in [3.05, 3.63) is 23.5 Å². The highest BCUT2D eigenvalue weighted by Crippen LogP contribution is 2.27. The van der Waals surface area contributed by atoms with Crippen molar-refractivity contribution in [3.8, 4) is 0 Å². The summed E-state index contributed by atoms with van der Waals surface area (Å²) < 4.78 is 29.3. The van der Waals surface area contributed by atoms with Gasteiger partial charge in [-0.2, -0.15) is 17.0 Å². The van der Waals surface area contributed by atoms with Gasteiger partial charge in [-0.15, -0.1) is 0 Å². The van der Waals surface area contributed by atoms with Crippen molar-refractivity contribution in [1.82, 2.24) is 13.2 Å². The molecule has 0 spiro atoms. The van der Waals surface area contributed by atoms with E-state index in [1.165, 1.54) is 15.7 Å². The second kappa shape index (κ2) is 5.26. The topological polar surface area (TPSA) is 45.6 Å². The van der Waals surface area contributed by atoms with E-state index in [1.54, 1.807) is 18.4 Å². The molecule has 108 valence electrons. The Bertz CT molecular complexity index is 521. The van der Waals surface area contributed by atoms with Crippen LogP contribution in [-0.4, -0.2) is 48.8 Å². The number of piperidine rings is 1. The Kier molecular flexibility index (Phi) is 4.03. The molecule has 19 heavy (non-hydrogen) atoms. The van der Waals surface area contributed by atoms with Crippen LogP contribution in [0.3, 0.4) is 0 Å². The molecule has 0 amide bonds. The van der Waals surface area contributed by atoms with Crippen LogP contribution in [-0.2, 0) is 10.2 Å². The first-order valence-electron chi connectivity index (χ1n) is 6.66. The largest absolute Gasteiger partial charge is 0.346 e. The molecule has 0 aromatic carbocycles. The van der Waals surface area contributed by atoms with Crippen molar-refractivity contribution < 1.29 is 8.42 Å². The van der Waals surface area contributed by atoms with Gasteiger partial charge in [-0.3, -0.25) is 0 Å². The summed E-state index contributed by atoms with van der Waals surface area (Å²) in [5.74, 6) is 0. The van der Waals surface area contributed by atoms with Crippen molar-refractivity contribution in [2.75, 3.05) is 27.2 Å².